The third-order valence-corrected chi connectivity index (χ3v) is 2.57. The molecule has 0 spiro atoms. The molecule has 2 N–H and O–H groups in total. The second-order valence-corrected chi connectivity index (χ2v) is 4.90. The van der Waals surface area contributed by atoms with Crippen LogP contribution in [0.25, 0.3) is 0 Å². The molecule has 0 aromatic carbocycles. The minimum atomic E-state index is -1.03. The molecule has 94 valence electrons. The summed E-state index contributed by atoms with van der Waals surface area (Å²) >= 11 is 3.21. The van der Waals surface area contributed by atoms with Gasteiger partial charge in [-0.2, -0.15) is 5.10 Å². The molecule has 1 heterocycles. The van der Waals surface area contributed by atoms with Crippen LogP contribution < -0.4 is 5.32 Å². The van der Waals surface area contributed by atoms with Crippen molar-refractivity contribution >= 4 is 27.8 Å². The average molecular weight is 304 g/mol. The highest BCUT2D eigenvalue weighted by atomic mass is 79.9. The van der Waals surface area contributed by atoms with E-state index in [1.165, 1.54) is 4.68 Å². The van der Waals surface area contributed by atoms with Crippen molar-refractivity contribution in [3.05, 3.63) is 16.9 Å². The van der Waals surface area contributed by atoms with Crippen molar-refractivity contribution in [1.29, 1.82) is 0 Å². The van der Waals surface area contributed by atoms with Crippen LogP contribution >= 0.6 is 15.9 Å². The second-order valence-electron chi connectivity index (χ2n) is 3.98. The minimum absolute atomic E-state index is 0.00208. The first kappa shape index (κ1) is 13.7. The number of rotatable bonds is 5. The number of carbonyl (C=O) groups excluding carboxylic acids is 1. The Kier molecular flexibility index (Phi) is 4.68. The van der Waals surface area contributed by atoms with Gasteiger partial charge in [-0.05, 0) is 21.8 Å². The van der Waals surface area contributed by atoms with Gasteiger partial charge in [0.2, 0.25) is 5.91 Å². The normalized spacial score (nSPS) is 12.5. The van der Waals surface area contributed by atoms with E-state index in [-0.39, 0.29) is 18.4 Å². The van der Waals surface area contributed by atoms with Gasteiger partial charge in [-0.15, -0.1) is 0 Å². The Hall–Kier alpha value is -1.37. The number of aromatic nitrogens is 2. The fraction of sp³-hybridized carbons (Fsp3) is 0.500. The molecule has 0 unspecified atom stereocenters. The number of carboxylic acid groups (broad SMARTS) is 1. The van der Waals surface area contributed by atoms with Crippen LogP contribution in [-0.2, 0) is 16.1 Å². The summed E-state index contributed by atoms with van der Waals surface area (Å²) in [7, 11) is 0. The van der Waals surface area contributed by atoms with Gasteiger partial charge in [-0.25, -0.2) is 4.79 Å². The van der Waals surface area contributed by atoms with Crippen molar-refractivity contribution in [3.63, 3.8) is 0 Å². The van der Waals surface area contributed by atoms with Crippen molar-refractivity contribution < 1.29 is 14.7 Å². The quantitative estimate of drug-likeness (QED) is 0.845. The maximum absolute atomic E-state index is 11.6. The third kappa shape index (κ3) is 4.18. The molecule has 1 aromatic rings. The fourth-order valence-corrected chi connectivity index (χ4v) is 1.63. The van der Waals surface area contributed by atoms with Crippen molar-refractivity contribution in [2.75, 3.05) is 0 Å². The number of nitrogens with zero attached hydrogens (tertiary/aromatic N) is 2. The van der Waals surface area contributed by atoms with Crippen molar-refractivity contribution in [3.8, 4) is 0 Å². The highest BCUT2D eigenvalue weighted by Gasteiger charge is 2.23. The van der Waals surface area contributed by atoms with Gasteiger partial charge in [0, 0.05) is 6.20 Å². The fourth-order valence-electron chi connectivity index (χ4n) is 1.30. The van der Waals surface area contributed by atoms with E-state index in [1.54, 1.807) is 26.2 Å². The van der Waals surface area contributed by atoms with Crippen molar-refractivity contribution in [2.24, 2.45) is 5.92 Å². The smallest absolute Gasteiger partial charge is 0.326 e. The van der Waals surface area contributed by atoms with Crippen LogP contribution in [-0.4, -0.2) is 32.8 Å². The lowest BCUT2D eigenvalue weighted by molar-refractivity contribution is -0.143. The first-order valence-corrected chi connectivity index (χ1v) is 5.89. The molecule has 7 heteroatoms. The van der Waals surface area contributed by atoms with Crippen LogP contribution in [0.3, 0.4) is 0 Å². The monoisotopic (exact) mass is 303 g/mol. The third-order valence-electron chi connectivity index (χ3n) is 2.16. The zero-order valence-corrected chi connectivity index (χ0v) is 11.1. The summed E-state index contributed by atoms with van der Waals surface area (Å²) in [4.78, 5) is 22.5. The Morgan fingerprint density at radius 1 is 1.59 bits per heavy atom. The zero-order valence-electron chi connectivity index (χ0n) is 9.55. The van der Waals surface area contributed by atoms with E-state index in [1.807, 2.05) is 0 Å². The summed E-state index contributed by atoms with van der Waals surface area (Å²) in [5.41, 5.74) is 0. The zero-order chi connectivity index (χ0) is 13.0. The predicted octanol–water partition coefficient (Wildman–Crippen LogP) is 0.871. The molecule has 1 amide bonds. The van der Waals surface area contributed by atoms with Crippen LogP contribution in [0.2, 0.25) is 0 Å². The van der Waals surface area contributed by atoms with Gasteiger partial charge >= 0.3 is 5.97 Å². The number of halogens is 1. The number of nitrogens with one attached hydrogen (secondary N) is 1. The molecule has 17 heavy (non-hydrogen) atoms. The molecule has 0 aliphatic carbocycles. The van der Waals surface area contributed by atoms with E-state index in [0.717, 1.165) is 4.47 Å². The Morgan fingerprint density at radius 3 is 2.65 bits per heavy atom. The van der Waals surface area contributed by atoms with Crippen LogP contribution in [0.4, 0.5) is 0 Å². The summed E-state index contributed by atoms with van der Waals surface area (Å²) < 4.78 is 2.20. The molecular formula is C10H14BrN3O3. The Morgan fingerprint density at radius 2 is 2.24 bits per heavy atom. The molecule has 1 rings (SSSR count). The lowest BCUT2D eigenvalue weighted by atomic mass is 10.1. The molecule has 0 aliphatic heterocycles. The minimum Gasteiger partial charge on any atom is -0.480 e. The summed E-state index contributed by atoms with van der Waals surface area (Å²) in [6.45, 7) is 3.48. The first-order chi connectivity index (χ1) is 7.90. The van der Waals surface area contributed by atoms with Gasteiger partial charge in [0.05, 0.1) is 10.7 Å². The molecule has 0 fully saturated rings. The molecule has 0 saturated carbocycles. The van der Waals surface area contributed by atoms with Gasteiger partial charge in [0.15, 0.2) is 0 Å². The molecule has 0 bridgehead atoms. The molecule has 0 saturated heterocycles. The SMILES string of the molecule is CC(C)[C@H](NC(=O)Cn1cc(Br)cn1)C(=O)O. The number of hydrogen-bond acceptors (Lipinski definition) is 3. The van der Waals surface area contributed by atoms with E-state index >= 15 is 0 Å². The largest absolute Gasteiger partial charge is 0.480 e. The summed E-state index contributed by atoms with van der Waals surface area (Å²) in [5, 5.41) is 15.3. The highest BCUT2D eigenvalue weighted by molar-refractivity contribution is 9.10. The number of aliphatic carboxylic acids is 1. The van der Waals surface area contributed by atoms with Crippen LogP contribution in [0.1, 0.15) is 13.8 Å². The number of hydrogen-bond donors (Lipinski definition) is 2. The highest BCUT2D eigenvalue weighted by Crippen LogP contribution is 2.06. The van der Waals surface area contributed by atoms with E-state index in [0.29, 0.717) is 0 Å². The number of carbonyl (C=O) groups is 2. The molecule has 0 aliphatic rings. The van der Waals surface area contributed by atoms with E-state index < -0.39 is 12.0 Å². The van der Waals surface area contributed by atoms with Crippen LogP contribution in [0, 0.1) is 5.92 Å². The average Bonchev–Trinajstić information content (AvgIpc) is 2.59. The van der Waals surface area contributed by atoms with Gasteiger partial charge < -0.3 is 10.4 Å². The summed E-state index contributed by atoms with van der Waals surface area (Å²) in [6.07, 6.45) is 3.20. The lowest BCUT2D eigenvalue weighted by Crippen LogP contribution is -2.45. The molecule has 1 atom stereocenters. The van der Waals surface area contributed by atoms with E-state index in [9.17, 15) is 9.59 Å². The van der Waals surface area contributed by atoms with Crippen molar-refractivity contribution in [1.82, 2.24) is 15.1 Å². The van der Waals surface area contributed by atoms with Gasteiger partial charge in [-0.3, -0.25) is 9.48 Å². The topological polar surface area (TPSA) is 84.2 Å². The number of amides is 1. The molecule has 6 nitrogen and oxygen atoms in total. The Balaban J connectivity index is 2.56. The van der Waals surface area contributed by atoms with Crippen molar-refractivity contribution in [2.45, 2.75) is 26.4 Å². The Bertz CT molecular complexity index is 417. The molecule has 1 aromatic heterocycles. The Labute approximate surface area is 107 Å². The van der Waals surface area contributed by atoms with Crippen LogP contribution in [0.5, 0.6) is 0 Å². The predicted molar refractivity (Wildman–Crippen MR) is 64.3 cm³/mol. The number of carboxylic acids is 1. The van der Waals surface area contributed by atoms with Gasteiger partial charge in [-0.1, -0.05) is 13.8 Å². The van der Waals surface area contributed by atoms with Gasteiger partial charge in [0.1, 0.15) is 12.6 Å². The maximum Gasteiger partial charge on any atom is 0.326 e. The van der Waals surface area contributed by atoms with E-state index in [2.05, 4.69) is 26.3 Å². The molecule has 0 radical (unpaired) electrons. The standard InChI is InChI=1S/C10H14BrN3O3/c1-6(2)9(10(16)17)13-8(15)5-14-4-7(11)3-12-14/h3-4,6,9H,5H2,1-2H3,(H,13,15)(H,16,17)/t9-/m0/s1. The summed E-state index contributed by atoms with van der Waals surface area (Å²) in [5.74, 6) is -1.57. The molecular weight excluding hydrogens is 290 g/mol. The maximum atomic E-state index is 11.6. The van der Waals surface area contributed by atoms with E-state index in [4.69, 9.17) is 5.11 Å². The van der Waals surface area contributed by atoms with Gasteiger partial charge in [0.25, 0.3) is 0 Å². The second kappa shape index (κ2) is 5.81. The van der Waals surface area contributed by atoms with Crippen LogP contribution in [0.15, 0.2) is 16.9 Å². The first-order valence-electron chi connectivity index (χ1n) is 5.10. The summed E-state index contributed by atoms with van der Waals surface area (Å²) in [6, 6.07) is -0.874. The lowest BCUT2D eigenvalue weighted by Gasteiger charge is -2.17.